The Balaban J connectivity index is 2.87. The fraction of sp³-hybridized carbons (Fsp3) is 0.533. The van der Waals surface area contributed by atoms with Crippen LogP contribution in [0.1, 0.15) is 37.0 Å². The summed E-state index contributed by atoms with van der Waals surface area (Å²) in [4.78, 5) is 11.9. The van der Waals surface area contributed by atoms with Crippen LogP contribution in [0.25, 0.3) is 0 Å². The van der Waals surface area contributed by atoms with Crippen LogP contribution in [0, 0.1) is 13.8 Å². The molecule has 0 aliphatic heterocycles. The Labute approximate surface area is 110 Å². The molecule has 1 aromatic carbocycles. The van der Waals surface area contributed by atoms with Gasteiger partial charge in [-0.05, 0) is 44.4 Å². The van der Waals surface area contributed by atoms with Gasteiger partial charge in [-0.1, -0.05) is 13.0 Å². The van der Waals surface area contributed by atoms with Crippen LogP contribution in [0.4, 0.5) is 0 Å². The highest BCUT2D eigenvalue weighted by Gasteiger charge is 2.13. The summed E-state index contributed by atoms with van der Waals surface area (Å²) in [6.45, 7) is 8.11. The number of hydrogen-bond acceptors (Lipinski definition) is 2. The van der Waals surface area contributed by atoms with Gasteiger partial charge >= 0.3 is 0 Å². The van der Waals surface area contributed by atoms with Gasteiger partial charge in [-0.2, -0.15) is 0 Å². The fourth-order valence-corrected chi connectivity index (χ4v) is 1.96. The summed E-state index contributed by atoms with van der Waals surface area (Å²) in [7, 11) is 1.64. The summed E-state index contributed by atoms with van der Waals surface area (Å²) in [5.74, 6) is 0.849. The van der Waals surface area contributed by atoms with Crippen molar-refractivity contribution in [3.8, 4) is 5.75 Å². The molecule has 0 radical (unpaired) electrons. The minimum atomic E-state index is 0.0506. The van der Waals surface area contributed by atoms with Crippen LogP contribution in [0.15, 0.2) is 12.1 Å². The molecule has 1 atom stereocenters. The maximum Gasteiger partial charge on any atom is 0.224 e. The van der Waals surface area contributed by atoms with Gasteiger partial charge in [0.1, 0.15) is 5.75 Å². The smallest absolute Gasteiger partial charge is 0.224 e. The number of amides is 1. The summed E-state index contributed by atoms with van der Waals surface area (Å²) >= 11 is 0. The van der Waals surface area contributed by atoms with Gasteiger partial charge in [0, 0.05) is 11.6 Å². The topological polar surface area (TPSA) is 38.3 Å². The molecule has 1 rings (SSSR count). The highest BCUT2D eigenvalue weighted by molar-refractivity contribution is 5.80. The summed E-state index contributed by atoms with van der Waals surface area (Å²) in [5, 5.41) is 2.98. The highest BCUT2D eigenvalue weighted by atomic mass is 16.5. The quantitative estimate of drug-likeness (QED) is 0.871. The standard InChI is InChI=1S/C15H23NO2/c1-6-12(4)16-15(17)9-13-11(3)7-10(2)8-14(13)18-5/h7-8,12H,6,9H2,1-5H3,(H,16,17). The van der Waals surface area contributed by atoms with Crippen LogP contribution in [0.3, 0.4) is 0 Å². The molecule has 0 aromatic heterocycles. The Morgan fingerprint density at radius 2 is 2.06 bits per heavy atom. The van der Waals surface area contributed by atoms with Crippen molar-refractivity contribution in [2.45, 2.75) is 46.6 Å². The molecule has 0 aliphatic carbocycles. The third kappa shape index (κ3) is 3.76. The first-order valence-corrected chi connectivity index (χ1v) is 6.41. The summed E-state index contributed by atoms with van der Waals surface area (Å²) < 4.78 is 5.36. The van der Waals surface area contributed by atoms with Crippen molar-refractivity contribution in [1.29, 1.82) is 0 Å². The number of aryl methyl sites for hydroxylation is 2. The molecule has 0 saturated heterocycles. The van der Waals surface area contributed by atoms with Crippen LogP contribution in [-0.4, -0.2) is 19.1 Å². The monoisotopic (exact) mass is 249 g/mol. The number of hydrogen-bond donors (Lipinski definition) is 1. The second-order valence-electron chi connectivity index (χ2n) is 4.82. The van der Waals surface area contributed by atoms with Gasteiger partial charge in [0.25, 0.3) is 0 Å². The molecule has 0 spiro atoms. The van der Waals surface area contributed by atoms with E-state index in [1.165, 1.54) is 0 Å². The van der Waals surface area contributed by atoms with Crippen LogP contribution >= 0.6 is 0 Å². The fourth-order valence-electron chi connectivity index (χ4n) is 1.96. The SMILES string of the molecule is CCC(C)NC(=O)Cc1c(C)cc(C)cc1OC. The molecule has 1 unspecified atom stereocenters. The van der Waals surface area contributed by atoms with Gasteiger partial charge in [-0.25, -0.2) is 0 Å². The average Bonchev–Trinajstić information content (AvgIpc) is 2.31. The Morgan fingerprint density at radius 3 is 2.61 bits per heavy atom. The van der Waals surface area contributed by atoms with Crippen molar-refractivity contribution in [2.75, 3.05) is 7.11 Å². The first-order valence-electron chi connectivity index (χ1n) is 6.41. The number of carbonyl (C=O) groups excluding carboxylic acids is 1. The van der Waals surface area contributed by atoms with E-state index in [4.69, 9.17) is 4.74 Å². The number of ether oxygens (including phenoxy) is 1. The predicted molar refractivity (Wildman–Crippen MR) is 74.1 cm³/mol. The van der Waals surface area contributed by atoms with Crippen LogP contribution in [0.2, 0.25) is 0 Å². The number of benzene rings is 1. The van der Waals surface area contributed by atoms with E-state index in [-0.39, 0.29) is 11.9 Å². The summed E-state index contributed by atoms with van der Waals surface area (Å²) in [6, 6.07) is 4.27. The van der Waals surface area contributed by atoms with E-state index < -0.39 is 0 Å². The summed E-state index contributed by atoms with van der Waals surface area (Å²) in [6.07, 6.45) is 1.31. The second kappa shape index (κ2) is 6.43. The zero-order valence-corrected chi connectivity index (χ0v) is 12.0. The molecule has 0 aliphatic rings. The third-order valence-electron chi connectivity index (χ3n) is 3.15. The van der Waals surface area contributed by atoms with Crippen molar-refractivity contribution in [1.82, 2.24) is 5.32 Å². The van der Waals surface area contributed by atoms with Crippen LogP contribution in [-0.2, 0) is 11.2 Å². The van der Waals surface area contributed by atoms with Gasteiger partial charge in [-0.3, -0.25) is 4.79 Å². The maximum atomic E-state index is 11.9. The lowest BCUT2D eigenvalue weighted by Crippen LogP contribution is -2.33. The average molecular weight is 249 g/mol. The van der Waals surface area contributed by atoms with Crippen molar-refractivity contribution in [2.24, 2.45) is 0 Å². The lowest BCUT2D eigenvalue weighted by Gasteiger charge is -2.15. The molecule has 3 nitrogen and oxygen atoms in total. The number of carbonyl (C=O) groups is 1. The van der Waals surface area contributed by atoms with Gasteiger partial charge in [0.05, 0.1) is 13.5 Å². The van der Waals surface area contributed by atoms with Crippen LogP contribution in [0.5, 0.6) is 5.75 Å². The van der Waals surface area contributed by atoms with E-state index in [1.54, 1.807) is 7.11 Å². The third-order valence-corrected chi connectivity index (χ3v) is 3.15. The van der Waals surface area contributed by atoms with E-state index in [1.807, 2.05) is 26.8 Å². The molecule has 18 heavy (non-hydrogen) atoms. The Morgan fingerprint density at radius 1 is 1.39 bits per heavy atom. The Hall–Kier alpha value is -1.51. The minimum absolute atomic E-state index is 0.0506. The molecule has 0 fully saturated rings. The molecular formula is C15H23NO2. The molecule has 0 saturated carbocycles. The van der Waals surface area contributed by atoms with Gasteiger partial charge < -0.3 is 10.1 Å². The van der Waals surface area contributed by atoms with Crippen molar-refractivity contribution < 1.29 is 9.53 Å². The molecule has 1 amide bonds. The molecule has 1 aromatic rings. The lowest BCUT2D eigenvalue weighted by atomic mass is 10.0. The van der Waals surface area contributed by atoms with E-state index in [2.05, 4.69) is 18.3 Å². The predicted octanol–water partition coefficient (Wildman–Crippen LogP) is 2.77. The zero-order valence-electron chi connectivity index (χ0n) is 12.0. The number of nitrogens with one attached hydrogen (secondary N) is 1. The lowest BCUT2D eigenvalue weighted by molar-refractivity contribution is -0.121. The first kappa shape index (κ1) is 14.6. The van der Waals surface area contributed by atoms with E-state index in [0.717, 1.165) is 28.9 Å². The molecule has 100 valence electrons. The number of methoxy groups -OCH3 is 1. The van der Waals surface area contributed by atoms with Gasteiger partial charge in [-0.15, -0.1) is 0 Å². The van der Waals surface area contributed by atoms with Gasteiger partial charge in [0.2, 0.25) is 5.91 Å². The maximum absolute atomic E-state index is 11.9. The largest absolute Gasteiger partial charge is 0.496 e. The normalized spacial score (nSPS) is 12.1. The van der Waals surface area contributed by atoms with E-state index >= 15 is 0 Å². The second-order valence-corrected chi connectivity index (χ2v) is 4.82. The van der Waals surface area contributed by atoms with Gasteiger partial charge in [0.15, 0.2) is 0 Å². The highest BCUT2D eigenvalue weighted by Crippen LogP contribution is 2.24. The Bertz CT molecular complexity index is 427. The number of rotatable bonds is 5. The molecule has 0 bridgehead atoms. The molecular weight excluding hydrogens is 226 g/mol. The van der Waals surface area contributed by atoms with Crippen molar-refractivity contribution in [3.63, 3.8) is 0 Å². The van der Waals surface area contributed by atoms with Crippen LogP contribution < -0.4 is 10.1 Å². The van der Waals surface area contributed by atoms with E-state index in [0.29, 0.717) is 6.42 Å². The zero-order chi connectivity index (χ0) is 13.7. The molecule has 0 heterocycles. The Kier molecular flexibility index (Phi) is 5.20. The molecule has 1 N–H and O–H groups in total. The van der Waals surface area contributed by atoms with Crippen molar-refractivity contribution in [3.05, 3.63) is 28.8 Å². The molecule has 3 heteroatoms. The van der Waals surface area contributed by atoms with E-state index in [9.17, 15) is 4.79 Å². The van der Waals surface area contributed by atoms with Crippen molar-refractivity contribution >= 4 is 5.91 Å². The first-order chi connectivity index (χ1) is 8.47. The minimum Gasteiger partial charge on any atom is -0.496 e. The summed E-state index contributed by atoms with van der Waals surface area (Å²) in [5.41, 5.74) is 3.23.